The molecule has 0 saturated carbocycles. The Kier molecular flexibility index (Phi) is 5.98. The summed E-state index contributed by atoms with van der Waals surface area (Å²) in [5.41, 5.74) is 1.87. The van der Waals surface area contributed by atoms with Crippen LogP contribution < -0.4 is 10.1 Å². The summed E-state index contributed by atoms with van der Waals surface area (Å²) in [4.78, 5) is 29.3. The van der Waals surface area contributed by atoms with E-state index >= 15 is 0 Å². The second kappa shape index (κ2) is 8.11. The zero-order valence-corrected chi connectivity index (χ0v) is 17.7. The van der Waals surface area contributed by atoms with Crippen LogP contribution in [0.1, 0.15) is 52.5 Å². The Morgan fingerprint density at radius 2 is 2.04 bits per heavy atom. The second-order valence-corrected chi connectivity index (χ2v) is 9.47. The van der Waals surface area contributed by atoms with E-state index in [2.05, 4.69) is 44.8 Å². The molecule has 3 rings (SSSR count). The number of amides is 2. The Balaban J connectivity index is 1.75. The summed E-state index contributed by atoms with van der Waals surface area (Å²) >= 11 is 0. The molecule has 0 aromatic heterocycles. The van der Waals surface area contributed by atoms with Crippen molar-refractivity contribution in [2.24, 2.45) is 5.41 Å². The van der Waals surface area contributed by atoms with Crippen LogP contribution in [0.2, 0.25) is 0 Å². The fourth-order valence-corrected chi connectivity index (χ4v) is 3.74. The molecule has 0 aliphatic carbocycles. The van der Waals surface area contributed by atoms with E-state index in [-0.39, 0.29) is 23.3 Å². The van der Waals surface area contributed by atoms with Crippen molar-refractivity contribution < 1.29 is 14.3 Å². The van der Waals surface area contributed by atoms with E-state index < -0.39 is 0 Å². The number of rotatable bonds is 2. The maximum atomic E-state index is 12.7. The quantitative estimate of drug-likeness (QED) is 0.847. The van der Waals surface area contributed by atoms with E-state index in [0.717, 1.165) is 5.69 Å². The molecule has 0 spiro atoms. The van der Waals surface area contributed by atoms with Crippen LogP contribution >= 0.6 is 0 Å². The van der Waals surface area contributed by atoms with Gasteiger partial charge in [-0.1, -0.05) is 40.7 Å². The standard InChI is InChI=1S/C22H33N3O3/c1-15(2)16-6-7-19-18(10-16)23-20(26)13-24-8-9-25(12-17(24)14-28-19)21(27)11-22(3,4)5/h6-7,10,15,17H,8-9,11-14H2,1-5H3,(H,23,26)/t17-/m0/s1. The molecule has 0 bridgehead atoms. The van der Waals surface area contributed by atoms with Gasteiger partial charge in [-0.05, 0) is 29.0 Å². The van der Waals surface area contributed by atoms with Crippen LogP contribution in [0.25, 0.3) is 0 Å². The second-order valence-electron chi connectivity index (χ2n) is 9.47. The highest BCUT2D eigenvalue weighted by Gasteiger charge is 2.33. The van der Waals surface area contributed by atoms with Gasteiger partial charge in [-0.3, -0.25) is 14.5 Å². The van der Waals surface area contributed by atoms with Crippen molar-refractivity contribution >= 4 is 17.5 Å². The van der Waals surface area contributed by atoms with Gasteiger partial charge in [0, 0.05) is 26.1 Å². The molecule has 1 atom stereocenters. The first kappa shape index (κ1) is 20.6. The molecule has 2 heterocycles. The molecule has 2 aliphatic heterocycles. The number of nitrogens with zero attached hydrogens (tertiary/aromatic N) is 2. The van der Waals surface area contributed by atoms with Crippen LogP contribution in [0, 0.1) is 5.41 Å². The van der Waals surface area contributed by atoms with Gasteiger partial charge in [0.05, 0.1) is 18.3 Å². The third-order valence-electron chi connectivity index (χ3n) is 5.36. The SMILES string of the molecule is CC(C)c1ccc2c(c1)NC(=O)CN1CCN(C(=O)CC(C)(C)C)C[C@H]1CO2. The van der Waals surface area contributed by atoms with Gasteiger partial charge < -0.3 is 15.0 Å². The average Bonchev–Trinajstić information content (AvgIpc) is 2.65. The molecule has 2 amide bonds. The number of anilines is 1. The minimum atomic E-state index is -0.0351. The van der Waals surface area contributed by atoms with E-state index in [0.29, 0.717) is 50.9 Å². The van der Waals surface area contributed by atoms with Crippen LogP contribution in [0.4, 0.5) is 5.69 Å². The highest BCUT2D eigenvalue weighted by Crippen LogP contribution is 2.30. The number of piperazine rings is 1. The van der Waals surface area contributed by atoms with Crippen molar-refractivity contribution in [1.29, 1.82) is 0 Å². The number of carbonyl (C=O) groups is 2. The topological polar surface area (TPSA) is 61.9 Å². The molecule has 6 nitrogen and oxygen atoms in total. The molecular formula is C22H33N3O3. The van der Waals surface area contributed by atoms with Gasteiger partial charge in [0.15, 0.2) is 0 Å². The number of hydrogen-bond acceptors (Lipinski definition) is 4. The predicted octanol–water partition coefficient (Wildman–Crippen LogP) is 3.09. The lowest BCUT2D eigenvalue weighted by Crippen LogP contribution is -2.58. The first-order valence-electron chi connectivity index (χ1n) is 10.2. The summed E-state index contributed by atoms with van der Waals surface area (Å²) < 4.78 is 6.10. The molecular weight excluding hydrogens is 354 g/mol. The molecule has 1 aromatic carbocycles. The van der Waals surface area contributed by atoms with Crippen LogP contribution in [0.15, 0.2) is 18.2 Å². The smallest absolute Gasteiger partial charge is 0.238 e. The normalized spacial score (nSPS) is 21.0. The fourth-order valence-electron chi connectivity index (χ4n) is 3.74. The lowest BCUT2D eigenvalue weighted by atomic mass is 9.91. The average molecular weight is 388 g/mol. The van der Waals surface area contributed by atoms with Crippen molar-refractivity contribution in [2.75, 3.05) is 38.1 Å². The molecule has 0 radical (unpaired) electrons. The van der Waals surface area contributed by atoms with Crippen molar-refractivity contribution in [3.05, 3.63) is 23.8 Å². The maximum Gasteiger partial charge on any atom is 0.238 e. The van der Waals surface area contributed by atoms with E-state index in [1.807, 2.05) is 23.1 Å². The van der Waals surface area contributed by atoms with E-state index in [9.17, 15) is 9.59 Å². The van der Waals surface area contributed by atoms with Crippen LogP contribution in [-0.4, -0.2) is 60.4 Å². The summed E-state index contributed by atoms with van der Waals surface area (Å²) in [7, 11) is 0. The highest BCUT2D eigenvalue weighted by atomic mass is 16.5. The summed E-state index contributed by atoms with van der Waals surface area (Å²) in [6.45, 7) is 13.2. The molecule has 1 aromatic rings. The summed E-state index contributed by atoms with van der Waals surface area (Å²) in [6, 6.07) is 6.00. The Labute approximate surface area is 168 Å². The number of ether oxygens (including phenoxy) is 1. The van der Waals surface area contributed by atoms with Gasteiger partial charge in [-0.25, -0.2) is 0 Å². The van der Waals surface area contributed by atoms with Gasteiger partial charge in [-0.15, -0.1) is 0 Å². The Morgan fingerprint density at radius 1 is 1.29 bits per heavy atom. The van der Waals surface area contributed by atoms with Crippen molar-refractivity contribution in [1.82, 2.24) is 9.80 Å². The Morgan fingerprint density at radius 3 is 2.71 bits per heavy atom. The Hall–Kier alpha value is -2.08. The maximum absolute atomic E-state index is 12.7. The lowest BCUT2D eigenvalue weighted by Gasteiger charge is -2.41. The number of hydrogen-bond donors (Lipinski definition) is 1. The molecule has 1 fully saturated rings. The van der Waals surface area contributed by atoms with Crippen molar-refractivity contribution in [2.45, 2.75) is 53.0 Å². The van der Waals surface area contributed by atoms with E-state index in [1.165, 1.54) is 5.56 Å². The zero-order valence-electron chi connectivity index (χ0n) is 17.7. The first-order valence-corrected chi connectivity index (χ1v) is 10.2. The van der Waals surface area contributed by atoms with Gasteiger partial charge in [-0.2, -0.15) is 0 Å². The largest absolute Gasteiger partial charge is 0.490 e. The lowest BCUT2D eigenvalue weighted by molar-refractivity contribution is -0.136. The Bertz CT molecular complexity index is 739. The first-order chi connectivity index (χ1) is 13.1. The van der Waals surface area contributed by atoms with Crippen LogP contribution in [-0.2, 0) is 9.59 Å². The number of nitrogens with one attached hydrogen (secondary N) is 1. The number of fused-ring (bicyclic) bond motifs is 2. The third-order valence-corrected chi connectivity index (χ3v) is 5.36. The molecule has 1 N–H and O–H groups in total. The van der Waals surface area contributed by atoms with Gasteiger partial charge in [0.1, 0.15) is 12.4 Å². The molecule has 2 aliphatic rings. The molecule has 6 heteroatoms. The summed E-state index contributed by atoms with van der Waals surface area (Å²) in [6.07, 6.45) is 0.530. The monoisotopic (exact) mass is 387 g/mol. The van der Waals surface area contributed by atoms with Crippen molar-refractivity contribution in [3.63, 3.8) is 0 Å². The summed E-state index contributed by atoms with van der Waals surface area (Å²) in [5.74, 6) is 1.21. The molecule has 28 heavy (non-hydrogen) atoms. The van der Waals surface area contributed by atoms with Gasteiger partial charge in [0.2, 0.25) is 11.8 Å². The van der Waals surface area contributed by atoms with E-state index in [4.69, 9.17) is 4.74 Å². The number of benzene rings is 1. The zero-order chi connectivity index (χ0) is 20.5. The minimum absolute atomic E-state index is 0.0131. The van der Waals surface area contributed by atoms with E-state index in [1.54, 1.807) is 0 Å². The number of carbonyl (C=O) groups excluding carboxylic acids is 2. The minimum Gasteiger partial charge on any atom is -0.490 e. The predicted molar refractivity (Wildman–Crippen MR) is 111 cm³/mol. The van der Waals surface area contributed by atoms with Crippen molar-refractivity contribution in [3.8, 4) is 5.75 Å². The van der Waals surface area contributed by atoms with Gasteiger partial charge >= 0.3 is 0 Å². The molecule has 0 unspecified atom stereocenters. The third kappa shape index (κ3) is 5.04. The fraction of sp³-hybridized carbons (Fsp3) is 0.636. The molecule has 1 saturated heterocycles. The summed E-state index contributed by atoms with van der Waals surface area (Å²) in [5, 5.41) is 3.01. The van der Waals surface area contributed by atoms with Crippen LogP contribution in [0.3, 0.4) is 0 Å². The highest BCUT2D eigenvalue weighted by molar-refractivity contribution is 5.94. The molecule has 154 valence electrons. The van der Waals surface area contributed by atoms with Gasteiger partial charge in [0.25, 0.3) is 0 Å². The van der Waals surface area contributed by atoms with Crippen LogP contribution in [0.5, 0.6) is 5.75 Å².